The molecule has 1 aliphatic carbocycles. The van der Waals surface area contributed by atoms with Crippen LogP contribution >= 0.6 is 0 Å². The Balaban J connectivity index is 1.60. The summed E-state index contributed by atoms with van der Waals surface area (Å²) in [5, 5.41) is 13.0. The van der Waals surface area contributed by atoms with Crippen LogP contribution in [0.3, 0.4) is 0 Å². The van der Waals surface area contributed by atoms with Gasteiger partial charge in [-0.05, 0) is 50.1 Å². The highest BCUT2D eigenvalue weighted by Crippen LogP contribution is 2.28. The molecule has 1 aliphatic heterocycles. The lowest BCUT2D eigenvalue weighted by atomic mass is 9.86. The van der Waals surface area contributed by atoms with Gasteiger partial charge in [-0.2, -0.15) is 5.26 Å². The molecule has 1 N–H and O–H groups in total. The van der Waals surface area contributed by atoms with Crippen molar-refractivity contribution in [2.45, 2.75) is 57.4 Å². The third-order valence-corrected chi connectivity index (χ3v) is 5.79. The van der Waals surface area contributed by atoms with E-state index in [0.29, 0.717) is 18.5 Å². The fourth-order valence-corrected chi connectivity index (χ4v) is 4.37. The van der Waals surface area contributed by atoms with Crippen LogP contribution in [0.25, 0.3) is 0 Å². The molecule has 2 aliphatic rings. The number of hydrogen-bond acceptors (Lipinski definition) is 3. The second-order valence-corrected chi connectivity index (χ2v) is 7.80. The van der Waals surface area contributed by atoms with E-state index in [1.54, 1.807) is 0 Å². The third-order valence-electron chi connectivity index (χ3n) is 5.79. The van der Waals surface area contributed by atoms with Crippen molar-refractivity contribution in [2.75, 3.05) is 26.2 Å². The molecular weight excluding hydrogens is 294 g/mol. The van der Waals surface area contributed by atoms with E-state index in [4.69, 9.17) is 5.26 Å². The summed E-state index contributed by atoms with van der Waals surface area (Å²) in [4.78, 5) is 2.33. The van der Waals surface area contributed by atoms with Crippen LogP contribution in [0.2, 0.25) is 0 Å². The Hall–Kier alpha value is -1.37. The number of aryl methyl sites for hydroxylation is 1. The normalized spacial score (nSPS) is 26.2. The van der Waals surface area contributed by atoms with Crippen LogP contribution < -0.4 is 5.32 Å². The van der Waals surface area contributed by atoms with E-state index in [9.17, 15) is 0 Å². The molecule has 1 aromatic carbocycles. The van der Waals surface area contributed by atoms with Crippen LogP contribution in [-0.4, -0.2) is 37.1 Å². The average Bonchev–Trinajstić information content (AvgIpc) is 2.62. The molecule has 130 valence electrons. The van der Waals surface area contributed by atoms with Crippen LogP contribution in [0.15, 0.2) is 24.3 Å². The maximum Gasteiger partial charge on any atom is 0.0866 e. The van der Waals surface area contributed by atoms with Gasteiger partial charge >= 0.3 is 0 Å². The summed E-state index contributed by atoms with van der Waals surface area (Å²) in [5.41, 5.74) is 2.74. The zero-order valence-electron chi connectivity index (χ0n) is 15.0. The molecule has 0 spiro atoms. The largest absolute Gasteiger partial charge is 0.312 e. The minimum atomic E-state index is 0.514. The fourth-order valence-electron chi connectivity index (χ4n) is 4.37. The van der Waals surface area contributed by atoms with Gasteiger partial charge in [-0.15, -0.1) is 0 Å². The summed E-state index contributed by atoms with van der Waals surface area (Å²) >= 11 is 0. The molecule has 0 aromatic heterocycles. The Labute approximate surface area is 147 Å². The van der Waals surface area contributed by atoms with Crippen molar-refractivity contribution in [1.29, 1.82) is 5.26 Å². The van der Waals surface area contributed by atoms with Crippen molar-refractivity contribution in [1.82, 2.24) is 10.2 Å². The number of nitriles is 1. The van der Waals surface area contributed by atoms with E-state index < -0.39 is 0 Å². The van der Waals surface area contributed by atoms with Gasteiger partial charge in [0.25, 0.3) is 0 Å². The molecule has 1 saturated heterocycles. The summed E-state index contributed by atoms with van der Waals surface area (Å²) in [6.45, 7) is 5.87. The smallest absolute Gasteiger partial charge is 0.0866 e. The van der Waals surface area contributed by atoms with Crippen LogP contribution in [-0.2, 0) is 0 Å². The number of likely N-dealkylation sites (tertiary alicyclic amines) is 1. The van der Waals surface area contributed by atoms with Crippen molar-refractivity contribution in [3.63, 3.8) is 0 Å². The van der Waals surface area contributed by atoms with Crippen molar-refractivity contribution in [3.05, 3.63) is 35.4 Å². The zero-order chi connectivity index (χ0) is 16.8. The second-order valence-electron chi connectivity index (χ2n) is 7.80. The molecule has 2 fully saturated rings. The molecule has 0 radical (unpaired) electrons. The van der Waals surface area contributed by atoms with Gasteiger partial charge < -0.3 is 5.32 Å². The van der Waals surface area contributed by atoms with Gasteiger partial charge in [0.1, 0.15) is 0 Å². The first-order valence-electron chi connectivity index (χ1n) is 9.64. The lowest BCUT2D eigenvalue weighted by molar-refractivity contribution is 0.181. The highest BCUT2D eigenvalue weighted by molar-refractivity contribution is 5.25. The lowest BCUT2D eigenvalue weighted by Crippen LogP contribution is -2.49. The van der Waals surface area contributed by atoms with Crippen LogP contribution in [0.1, 0.15) is 55.6 Å². The Bertz CT molecular complexity index is 539. The number of nitrogens with one attached hydrogen (secondary N) is 1. The molecule has 1 heterocycles. The van der Waals surface area contributed by atoms with Crippen molar-refractivity contribution in [2.24, 2.45) is 5.92 Å². The summed E-state index contributed by atoms with van der Waals surface area (Å²) in [5.74, 6) is 1.40. The molecule has 24 heavy (non-hydrogen) atoms. The Morgan fingerprint density at radius 3 is 2.58 bits per heavy atom. The van der Waals surface area contributed by atoms with E-state index in [1.165, 1.54) is 49.7 Å². The van der Waals surface area contributed by atoms with Gasteiger partial charge in [0.2, 0.25) is 0 Å². The lowest BCUT2D eigenvalue weighted by Gasteiger charge is -2.38. The van der Waals surface area contributed by atoms with E-state index in [2.05, 4.69) is 47.5 Å². The minimum absolute atomic E-state index is 0.514. The van der Waals surface area contributed by atoms with Crippen molar-refractivity contribution in [3.8, 4) is 6.07 Å². The summed E-state index contributed by atoms with van der Waals surface area (Å²) in [7, 11) is 0. The van der Waals surface area contributed by atoms with Gasteiger partial charge in [0.15, 0.2) is 0 Å². The standard InChI is InChI=1S/C21H31N3/c1-17-7-9-19(10-8-17)20-13-21(16-24(15-20)12-11-22)23-14-18-5-3-2-4-6-18/h7-10,18,20-21,23H,2-6,12-16H2,1H3. The molecule has 0 bridgehead atoms. The Morgan fingerprint density at radius 1 is 1.12 bits per heavy atom. The van der Waals surface area contributed by atoms with Gasteiger partial charge in [0, 0.05) is 19.1 Å². The summed E-state index contributed by atoms with van der Waals surface area (Å²) in [6, 6.07) is 11.8. The van der Waals surface area contributed by atoms with Crippen LogP contribution in [0, 0.1) is 24.2 Å². The molecule has 2 atom stereocenters. The Morgan fingerprint density at radius 2 is 1.88 bits per heavy atom. The quantitative estimate of drug-likeness (QED) is 0.836. The first kappa shape index (κ1) is 17.5. The van der Waals surface area contributed by atoms with Gasteiger partial charge in [-0.25, -0.2) is 0 Å². The second kappa shape index (κ2) is 8.65. The van der Waals surface area contributed by atoms with Crippen LogP contribution in [0.5, 0.6) is 0 Å². The van der Waals surface area contributed by atoms with Crippen molar-refractivity contribution >= 4 is 0 Å². The first-order valence-corrected chi connectivity index (χ1v) is 9.64. The number of piperidine rings is 1. The van der Waals surface area contributed by atoms with E-state index in [0.717, 1.165) is 25.6 Å². The predicted molar refractivity (Wildman–Crippen MR) is 99.0 cm³/mol. The SMILES string of the molecule is Cc1ccc(C2CC(NCC3CCCCC3)CN(CC#N)C2)cc1. The maximum absolute atomic E-state index is 9.12. The highest BCUT2D eigenvalue weighted by Gasteiger charge is 2.28. The molecule has 1 aromatic rings. The molecule has 3 heteroatoms. The van der Waals surface area contributed by atoms with E-state index in [-0.39, 0.29) is 0 Å². The molecule has 2 unspecified atom stereocenters. The molecule has 3 nitrogen and oxygen atoms in total. The first-order chi connectivity index (χ1) is 11.7. The van der Waals surface area contributed by atoms with Crippen LogP contribution in [0.4, 0.5) is 0 Å². The number of nitrogens with zero attached hydrogens (tertiary/aromatic N) is 2. The van der Waals surface area contributed by atoms with Gasteiger partial charge in [-0.3, -0.25) is 4.90 Å². The zero-order valence-corrected chi connectivity index (χ0v) is 15.0. The number of benzene rings is 1. The van der Waals surface area contributed by atoms with E-state index >= 15 is 0 Å². The molecule has 0 amide bonds. The van der Waals surface area contributed by atoms with Gasteiger partial charge in [0.05, 0.1) is 12.6 Å². The highest BCUT2D eigenvalue weighted by atomic mass is 15.2. The van der Waals surface area contributed by atoms with Gasteiger partial charge in [-0.1, -0.05) is 49.1 Å². The number of hydrogen-bond donors (Lipinski definition) is 1. The van der Waals surface area contributed by atoms with Crippen molar-refractivity contribution < 1.29 is 0 Å². The van der Waals surface area contributed by atoms with E-state index in [1.807, 2.05) is 0 Å². The average molecular weight is 326 g/mol. The third kappa shape index (κ3) is 4.82. The Kier molecular flexibility index (Phi) is 6.29. The summed E-state index contributed by atoms with van der Waals surface area (Å²) < 4.78 is 0. The fraction of sp³-hybridized carbons (Fsp3) is 0.667. The molecule has 1 saturated carbocycles. The number of rotatable bonds is 5. The molecular formula is C21H31N3. The topological polar surface area (TPSA) is 39.1 Å². The minimum Gasteiger partial charge on any atom is -0.312 e. The maximum atomic E-state index is 9.12. The monoisotopic (exact) mass is 325 g/mol. The predicted octanol–water partition coefficient (Wildman–Crippen LogP) is 3.85. The molecule has 3 rings (SSSR count). The summed E-state index contributed by atoms with van der Waals surface area (Å²) in [6.07, 6.45) is 8.21.